The van der Waals surface area contributed by atoms with Gasteiger partial charge in [-0.2, -0.15) is 0 Å². The number of hydrogen-bond donors (Lipinski definition) is 0. The van der Waals surface area contributed by atoms with Crippen molar-refractivity contribution in [2.45, 2.75) is 6.92 Å². The van der Waals surface area contributed by atoms with Gasteiger partial charge in [-0.25, -0.2) is 4.57 Å². The Morgan fingerprint density at radius 2 is 1.78 bits per heavy atom. The lowest BCUT2D eigenvalue weighted by molar-refractivity contribution is 0.280. The Balaban J connectivity index is 3.04. The van der Waals surface area contributed by atoms with E-state index in [1.165, 1.54) is 12.1 Å². The van der Waals surface area contributed by atoms with Gasteiger partial charge in [-0.1, -0.05) is 34.8 Å². The maximum atomic E-state index is 12.3. The molecule has 1 unspecified atom stereocenters. The van der Waals surface area contributed by atoms with Gasteiger partial charge in [-0.05, 0) is 19.1 Å². The molecule has 0 spiro atoms. The monoisotopic (exact) mass is 350 g/mol. The summed E-state index contributed by atoms with van der Waals surface area (Å²) in [5.74, 6) is 0.227. The minimum absolute atomic E-state index is 0.0671. The Bertz CT molecular complexity index is 433. The van der Waals surface area contributed by atoms with Gasteiger partial charge in [0.2, 0.25) is 0 Å². The van der Waals surface area contributed by atoms with E-state index in [-0.39, 0.29) is 34.4 Å². The fourth-order valence-electron chi connectivity index (χ4n) is 1.19. The molecule has 18 heavy (non-hydrogen) atoms. The van der Waals surface area contributed by atoms with Crippen LogP contribution in [-0.2, 0) is 9.09 Å². The van der Waals surface area contributed by atoms with Gasteiger partial charge in [-0.3, -0.25) is 0 Å². The van der Waals surface area contributed by atoms with Crippen molar-refractivity contribution in [2.24, 2.45) is 0 Å². The Labute approximate surface area is 126 Å². The average Bonchev–Trinajstić information content (AvgIpc) is 2.24. The Morgan fingerprint density at radius 3 is 2.22 bits per heavy atom. The molecule has 3 nitrogen and oxygen atoms in total. The molecule has 1 atom stereocenters. The molecule has 0 aliphatic carbocycles. The quantitative estimate of drug-likeness (QED) is 0.501. The summed E-state index contributed by atoms with van der Waals surface area (Å²) in [4.78, 5) is 0. The van der Waals surface area contributed by atoms with E-state index < -0.39 is 7.60 Å². The van der Waals surface area contributed by atoms with Crippen LogP contribution in [-0.4, -0.2) is 18.6 Å². The molecule has 0 radical (unpaired) electrons. The highest BCUT2D eigenvalue weighted by Crippen LogP contribution is 2.52. The minimum Gasteiger partial charge on any atom is -0.421 e. The van der Waals surface area contributed by atoms with Crippen LogP contribution in [0.3, 0.4) is 0 Å². The van der Waals surface area contributed by atoms with E-state index in [2.05, 4.69) is 0 Å². The fraction of sp³-hybridized carbons (Fsp3) is 0.400. The van der Waals surface area contributed by atoms with E-state index >= 15 is 0 Å². The van der Waals surface area contributed by atoms with E-state index in [4.69, 9.17) is 55.5 Å². The minimum atomic E-state index is -3.35. The zero-order chi connectivity index (χ0) is 13.8. The molecule has 0 aliphatic heterocycles. The van der Waals surface area contributed by atoms with Crippen molar-refractivity contribution in [3.05, 3.63) is 27.2 Å². The fourth-order valence-corrected chi connectivity index (χ4v) is 4.16. The van der Waals surface area contributed by atoms with Crippen LogP contribution in [0.4, 0.5) is 0 Å². The van der Waals surface area contributed by atoms with Gasteiger partial charge < -0.3 is 9.05 Å². The van der Waals surface area contributed by atoms with Crippen molar-refractivity contribution in [3.63, 3.8) is 0 Å². The first-order valence-electron chi connectivity index (χ1n) is 5.05. The molecule has 1 aromatic carbocycles. The van der Waals surface area contributed by atoms with Gasteiger partial charge >= 0.3 is 7.60 Å². The predicted molar refractivity (Wildman–Crippen MR) is 76.9 cm³/mol. The second-order valence-electron chi connectivity index (χ2n) is 3.23. The summed E-state index contributed by atoms with van der Waals surface area (Å²) in [5, 5.41) is 0.699. The van der Waals surface area contributed by atoms with Crippen molar-refractivity contribution < 1.29 is 13.6 Å². The van der Waals surface area contributed by atoms with Gasteiger partial charge in [0.05, 0.1) is 22.8 Å². The molecule has 0 saturated carbocycles. The molecule has 0 N–H and O–H groups in total. The molecule has 1 aromatic rings. The molecule has 1 rings (SSSR count). The molecule has 0 fully saturated rings. The van der Waals surface area contributed by atoms with Crippen LogP contribution in [0.1, 0.15) is 6.92 Å². The van der Waals surface area contributed by atoms with Crippen molar-refractivity contribution in [1.82, 2.24) is 0 Å². The third-order valence-electron chi connectivity index (χ3n) is 1.88. The van der Waals surface area contributed by atoms with Gasteiger partial charge in [0.15, 0.2) is 5.75 Å². The predicted octanol–water partition coefficient (Wildman–Crippen LogP) is 5.49. The zero-order valence-corrected chi connectivity index (χ0v) is 13.4. The smallest absolute Gasteiger partial charge is 0.380 e. The van der Waals surface area contributed by atoms with Crippen LogP contribution in [0.25, 0.3) is 0 Å². The largest absolute Gasteiger partial charge is 0.421 e. The Hall–Kier alpha value is 0.370. The summed E-state index contributed by atoms with van der Waals surface area (Å²) < 4.78 is 22.7. The summed E-state index contributed by atoms with van der Waals surface area (Å²) in [5.41, 5.74) is 0. The lowest BCUT2D eigenvalue weighted by Crippen LogP contribution is -2.04. The van der Waals surface area contributed by atoms with Crippen molar-refractivity contribution >= 4 is 54.0 Å². The summed E-state index contributed by atoms with van der Waals surface area (Å²) in [6, 6.07) is 2.89. The van der Waals surface area contributed by atoms with E-state index in [1.54, 1.807) is 6.92 Å². The van der Waals surface area contributed by atoms with E-state index in [0.717, 1.165) is 0 Å². The van der Waals surface area contributed by atoms with Gasteiger partial charge in [0, 0.05) is 10.9 Å². The highest BCUT2D eigenvalue weighted by Gasteiger charge is 2.27. The summed E-state index contributed by atoms with van der Waals surface area (Å²) in [7, 11) is -3.35. The van der Waals surface area contributed by atoms with Crippen molar-refractivity contribution in [3.8, 4) is 5.75 Å². The topological polar surface area (TPSA) is 35.5 Å². The van der Waals surface area contributed by atoms with Gasteiger partial charge in [0.25, 0.3) is 0 Å². The van der Waals surface area contributed by atoms with Crippen LogP contribution in [0.2, 0.25) is 15.1 Å². The standard InChI is InChI=1S/C10H11Cl4O3P/c1-2-16-18(15,4-3-11)17-10-8(13)5-7(12)6-9(10)14/h5-6H,2-4H2,1H3. The number of alkyl halides is 1. The third kappa shape index (κ3) is 4.48. The molecule has 0 heterocycles. The van der Waals surface area contributed by atoms with Crippen LogP contribution < -0.4 is 4.52 Å². The summed E-state index contributed by atoms with van der Waals surface area (Å²) >= 11 is 23.2. The number of halogens is 4. The van der Waals surface area contributed by atoms with Crippen LogP contribution in [0, 0.1) is 0 Å². The van der Waals surface area contributed by atoms with Gasteiger partial charge in [0.1, 0.15) is 0 Å². The second-order valence-corrected chi connectivity index (χ2v) is 6.97. The van der Waals surface area contributed by atoms with E-state index in [9.17, 15) is 4.57 Å². The highest BCUT2D eigenvalue weighted by atomic mass is 35.5. The molecule has 0 amide bonds. The van der Waals surface area contributed by atoms with E-state index in [0.29, 0.717) is 5.02 Å². The third-order valence-corrected chi connectivity index (χ3v) is 4.99. The second kappa shape index (κ2) is 7.23. The van der Waals surface area contributed by atoms with Crippen molar-refractivity contribution in [1.29, 1.82) is 0 Å². The molecule has 0 aliphatic rings. The van der Waals surface area contributed by atoms with Gasteiger partial charge in [-0.15, -0.1) is 11.6 Å². The molecular formula is C10H11Cl4O3P. The number of benzene rings is 1. The van der Waals surface area contributed by atoms with Crippen LogP contribution >= 0.6 is 54.0 Å². The summed E-state index contributed by atoms with van der Waals surface area (Å²) in [6.07, 6.45) is 0.0671. The van der Waals surface area contributed by atoms with Crippen LogP contribution in [0.5, 0.6) is 5.75 Å². The first kappa shape index (κ1) is 16.4. The van der Waals surface area contributed by atoms with E-state index in [1.807, 2.05) is 0 Å². The number of hydrogen-bond acceptors (Lipinski definition) is 3. The first-order valence-corrected chi connectivity index (χ1v) is 8.45. The summed E-state index contributed by atoms with van der Waals surface area (Å²) in [6.45, 7) is 1.94. The molecule has 8 heteroatoms. The highest BCUT2D eigenvalue weighted by molar-refractivity contribution is 7.54. The average molecular weight is 352 g/mol. The maximum absolute atomic E-state index is 12.3. The first-order chi connectivity index (χ1) is 8.41. The molecule has 0 aromatic heterocycles. The lowest BCUT2D eigenvalue weighted by atomic mass is 10.3. The Kier molecular flexibility index (Phi) is 6.60. The molecule has 102 valence electrons. The zero-order valence-electron chi connectivity index (χ0n) is 9.46. The molecule has 0 bridgehead atoms. The van der Waals surface area contributed by atoms with Crippen LogP contribution in [0.15, 0.2) is 12.1 Å². The Morgan fingerprint density at radius 1 is 1.22 bits per heavy atom. The molecular weight excluding hydrogens is 341 g/mol. The SMILES string of the molecule is CCOP(=O)(CCCl)Oc1c(Cl)cc(Cl)cc1Cl. The molecule has 0 saturated heterocycles. The maximum Gasteiger partial charge on any atom is 0.380 e. The van der Waals surface area contributed by atoms with Crippen molar-refractivity contribution in [2.75, 3.05) is 18.6 Å². The number of rotatable bonds is 6. The lowest BCUT2D eigenvalue weighted by Gasteiger charge is -2.19. The normalized spacial score (nSPS) is 14.3.